The average molecular weight is 341 g/mol. The van der Waals surface area contributed by atoms with E-state index in [2.05, 4.69) is 16.7 Å². The summed E-state index contributed by atoms with van der Waals surface area (Å²) in [6, 6.07) is 12.5. The molecule has 0 saturated carbocycles. The maximum absolute atomic E-state index is 13.0. The van der Waals surface area contributed by atoms with Crippen molar-refractivity contribution in [3.8, 4) is 0 Å². The highest BCUT2D eigenvalue weighted by Gasteiger charge is 2.33. The van der Waals surface area contributed by atoms with E-state index in [1.807, 2.05) is 0 Å². The first-order chi connectivity index (χ1) is 10.9. The SMILES string of the molecule is Fc1ccc(CCNC(=S)Nc2cc[c]cc2)c(C(F)(F)F)c1. The van der Waals surface area contributed by atoms with Gasteiger partial charge in [0.25, 0.3) is 0 Å². The summed E-state index contributed by atoms with van der Waals surface area (Å²) in [4.78, 5) is 0. The molecule has 2 N–H and O–H groups in total. The first-order valence-corrected chi connectivity index (χ1v) is 7.13. The van der Waals surface area contributed by atoms with Crippen LogP contribution in [0.3, 0.4) is 0 Å². The van der Waals surface area contributed by atoms with Crippen LogP contribution in [-0.4, -0.2) is 11.7 Å². The van der Waals surface area contributed by atoms with Gasteiger partial charge in [-0.1, -0.05) is 18.2 Å². The second kappa shape index (κ2) is 7.41. The molecule has 2 aromatic carbocycles. The summed E-state index contributed by atoms with van der Waals surface area (Å²) in [7, 11) is 0. The van der Waals surface area contributed by atoms with E-state index in [-0.39, 0.29) is 18.5 Å². The number of anilines is 1. The number of alkyl halides is 3. The number of benzene rings is 2. The molecule has 0 spiro atoms. The van der Waals surface area contributed by atoms with Crippen LogP contribution in [0.25, 0.3) is 0 Å². The quantitative estimate of drug-likeness (QED) is 0.645. The van der Waals surface area contributed by atoms with Crippen LogP contribution in [0, 0.1) is 11.9 Å². The third-order valence-electron chi connectivity index (χ3n) is 3.03. The summed E-state index contributed by atoms with van der Waals surface area (Å²) in [6.07, 6.45) is -4.52. The lowest BCUT2D eigenvalue weighted by Gasteiger charge is -2.14. The molecule has 0 bridgehead atoms. The van der Waals surface area contributed by atoms with Gasteiger partial charge >= 0.3 is 6.18 Å². The number of thiocarbonyl (C=S) groups is 1. The van der Waals surface area contributed by atoms with Gasteiger partial charge in [0, 0.05) is 12.2 Å². The van der Waals surface area contributed by atoms with E-state index >= 15 is 0 Å². The number of hydrogen-bond acceptors (Lipinski definition) is 1. The molecule has 0 heterocycles. The third kappa shape index (κ3) is 5.21. The van der Waals surface area contributed by atoms with Crippen molar-refractivity contribution in [1.82, 2.24) is 5.32 Å². The van der Waals surface area contributed by atoms with Crippen molar-refractivity contribution in [3.05, 3.63) is 65.5 Å². The van der Waals surface area contributed by atoms with E-state index in [9.17, 15) is 17.6 Å². The van der Waals surface area contributed by atoms with Crippen LogP contribution in [-0.2, 0) is 12.6 Å². The van der Waals surface area contributed by atoms with E-state index in [4.69, 9.17) is 12.2 Å². The average Bonchev–Trinajstić information content (AvgIpc) is 2.48. The molecule has 0 amide bonds. The predicted molar refractivity (Wildman–Crippen MR) is 84.6 cm³/mol. The maximum Gasteiger partial charge on any atom is 0.416 e. The smallest absolute Gasteiger partial charge is 0.362 e. The standard InChI is InChI=1S/C16H13F4N2S/c17-12-7-6-11(14(10-12)16(18,19)20)8-9-21-15(23)22-13-4-2-1-3-5-13/h2-7,10H,8-9H2,(H2,21,22,23). The van der Waals surface area contributed by atoms with Gasteiger partial charge in [-0.2, -0.15) is 13.2 Å². The van der Waals surface area contributed by atoms with Gasteiger partial charge in [0.05, 0.1) is 5.56 Å². The zero-order valence-corrected chi connectivity index (χ0v) is 12.7. The van der Waals surface area contributed by atoms with Gasteiger partial charge in [-0.25, -0.2) is 4.39 Å². The lowest BCUT2D eigenvalue weighted by molar-refractivity contribution is -0.138. The van der Waals surface area contributed by atoms with Gasteiger partial charge in [0.15, 0.2) is 5.11 Å². The summed E-state index contributed by atoms with van der Waals surface area (Å²) in [5.41, 5.74) is -0.195. The van der Waals surface area contributed by atoms with Crippen LogP contribution < -0.4 is 10.6 Å². The van der Waals surface area contributed by atoms with Crippen LogP contribution in [0.5, 0.6) is 0 Å². The monoisotopic (exact) mass is 341 g/mol. The fourth-order valence-electron chi connectivity index (χ4n) is 1.99. The highest BCUT2D eigenvalue weighted by molar-refractivity contribution is 7.80. The van der Waals surface area contributed by atoms with Crippen LogP contribution in [0.15, 0.2) is 42.5 Å². The van der Waals surface area contributed by atoms with E-state index in [1.165, 1.54) is 0 Å². The van der Waals surface area contributed by atoms with Crippen molar-refractivity contribution in [2.45, 2.75) is 12.6 Å². The molecule has 0 unspecified atom stereocenters. The van der Waals surface area contributed by atoms with Gasteiger partial charge in [-0.3, -0.25) is 0 Å². The summed E-state index contributed by atoms with van der Waals surface area (Å²) in [5, 5.41) is 6.02. The Morgan fingerprint density at radius 1 is 1.13 bits per heavy atom. The van der Waals surface area contributed by atoms with Gasteiger partial charge < -0.3 is 10.6 Å². The normalized spacial score (nSPS) is 11.1. The van der Waals surface area contributed by atoms with Crippen molar-refractivity contribution in [1.29, 1.82) is 0 Å². The fraction of sp³-hybridized carbons (Fsp3) is 0.188. The topological polar surface area (TPSA) is 24.1 Å². The van der Waals surface area contributed by atoms with Crippen molar-refractivity contribution in [2.24, 2.45) is 0 Å². The summed E-state index contributed by atoms with van der Waals surface area (Å²) < 4.78 is 51.6. The van der Waals surface area contributed by atoms with Gasteiger partial charge in [0.2, 0.25) is 0 Å². The van der Waals surface area contributed by atoms with Crippen LogP contribution in [0.4, 0.5) is 23.2 Å². The zero-order valence-electron chi connectivity index (χ0n) is 11.9. The van der Waals surface area contributed by atoms with Crippen LogP contribution >= 0.6 is 12.2 Å². The molecular formula is C16H13F4N2S. The minimum atomic E-state index is -4.59. The van der Waals surface area contributed by atoms with Crippen molar-refractivity contribution in [2.75, 3.05) is 11.9 Å². The Morgan fingerprint density at radius 3 is 2.48 bits per heavy atom. The molecule has 0 aliphatic heterocycles. The summed E-state index contributed by atoms with van der Waals surface area (Å²) in [6.45, 7) is 0.194. The van der Waals surface area contributed by atoms with E-state index in [0.717, 1.165) is 17.8 Å². The molecular weight excluding hydrogens is 328 g/mol. The first-order valence-electron chi connectivity index (χ1n) is 6.73. The number of rotatable bonds is 4. The highest BCUT2D eigenvalue weighted by Crippen LogP contribution is 2.32. The second-order valence-corrected chi connectivity index (χ2v) is 5.13. The predicted octanol–water partition coefficient (Wildman–Crippen LogP) is 4.17. The van der Waals surface area contributed by atoms with E-state index < -0.39 is 17.6 Å². The third-order valence-corrected chi connectivity index (χ3v) is 3.28. The van der Waals surface area contributed by atoms with E-state index in [1.54, 1.807) is 24.3 Å². The molecule has 2 rings (SSSR count). The Balaban J connectivity index is 1.93. The first kappa shape index (κ1) is 17.2. The Hall–Kier alpha value is -2.15. The molecule has 0 atom stereocenters. The van der Waals surface area contributed by atoms with Gasteiger partial charge in [0.1, 0.15) is 5.82 Å². The lowest BCUT2D eigenvalue weighted by Crippen LogP contribution is -2.30. The molecule has 0 aromatic heterocycles. The molecule has 7 heteroatoms. The Morgan fingerprint density at radius 2 is 1.83 bits per heavy atom. The number of nitrogens with one attached hydrogen (secondary N) is 2. The van der Waals surface area contributed by atoms with Crippen molar-refractivity contribution in [3.63, 3.8) is 0 Å². The second-order valence-electron chi connectivity index (χ2n) is 4.72. The molecule has 2 aromatic rings. The summed E-state index contributed by atoms with van der Waals surface area (Å²) >= 11 is 5.06. The van der Waals surface area contributed by atoms with Crippen molar-refractivity contribution >= 4 is 23.0 Å². The molecule has 1 radical (unpaired) electrons. The minimum Gasteiger partial charge on any atom is -0.362 e. The number of hydrogen-bond donors (Lipinski definition) is 2. The Bertz CT molecular complexity index is 672. The fourth-order valence-corrected chi connectivity index (χ4v) is 2.21. The van der Waals surface area contributed by atoms with Crippen molar-refractivity contribution < 1.29 is 17.6 Å². The maximum atomic E-state index is 13.0. The molecule has 0 aliphatic carbocycles. The largest absolute Gasteiger partial charge is 0.416 e. The lowest BCUT2D eigenvalue weighted by atomic mass is 10.0. The van der Waals surface area contributed by atoms with Gasteiger partial charge in [-0.15, -0.1) is 0 Å². The zero-order chi connectivity index (χ0) is 16.9. The number of halogens is 4. The molecule has 0 aliphatic rings. The molecule has 23 heavy (non-hydrogen) atoms. The Labute approximate surface area is 136 Å². The van der Waals surface area contributed by atoms with Gasteiger partial charge in [-0.05, 0) is 54.5 Å². The molecule has 0 fully saturated rings. The van der Waals surface area contributed by atoms with Crippen LogP contribution in [0.1, 0.15) is 11.1 Å². The summed E-state index contributed by atoms with van der Waals surface area (Å²) in [5.74, 6) is -0.910. The molecule has 0 saturated heterocycles. The van der Waals surface area contributed by atoms with E-state index in [0.29, 0.717) is 11.2 Å². The van der Waals surface area contributed by atoms with Crippen LogP contribution in [0.2, 0.25) is 0 Å². The Kier molecular flexibility index (Phi) is 5.54. The molecule has 121 valence electrons. The minimum absolute atomic E-state index is 0.0171. The molecule has 2 nitrogen and oxygen atoms in total. The highest BCUT2D eigenvalue weighted by atomic mass is 32.1.